The summed E-state index contributed by atoms with van der Waals surface area (Å²) in [5.41, 5.74) is 8.11. The maximum absolute atomic E-state index is 12.2. The van der Waals surface area contributed by atoms with Gasteiger partial charge in [-0.15, -0.1) is 0 Å². The van der Waals surface area contributed by atoms with Crippen molar-refractivity contribution in [2.45, 2.75) is 57.2 Å². The highest BCUT2D eigenvalue weighted by atomic mass is 16.3. The van der Waals surface area contributed by atoms with Gasteiger partial charge in [-0.05, 0) is 49.3 Å². The van der Waals surface area contributed by atoms with Gasteiger partial charge < -0.3 is 16.2 Å². The molecule has 0 radical (unpaired) electrons. The van der Waals surface area contributed by atoms with E-state index in [-0.39, 0.29) is 18.1 Å². The van der Waals surface area contributed by atoms with Gasteiger partial charge in [0, 0.05) is 37.8 Å². The summed E-state index contributed by atoms with van der Waals surface area (Å²) in [6.07, 6.45) is 5.31. The number of rotatable bonds is 5. The van der Waals surface area contributed by atoms with Gasteiger partial charge in [-0.3, -0.25) is 9.69 Å². The summed E-state index contributed by atoms with van der Waals surface area (Å²) >= 11 is 0. The van der Waals surface area contributed by atoms with Crippen LogP contribution in [0.3, 0.4) is 0 Å². The Labute approximate surface area is 144 Å². The number of carbonyl (C=O) groups is 1. The zero-order valence-electron chi connectivity index (χ0n) is 14.3. The first-order valence-corrected chi connectivity index (χ1v) is 9.15. The highest BCUT2D eigenvalue weighted by Gasteiger charge is 2.26. The predicted octanol–water partition coefficient (Wildman–Crippen LogP) is 2.10. The number of aliphatic hydroxyl groups is 1. The lowest BCUT2D eigenvalue weighted by Gasteiger charge is -2.29. The molecule has 1 aliphatic heterocycles. The van der Waals surface area contributed by atoms with E-state index in [2.05, 4.69) is 22.3 Å². The van der Waals surface area contributed by atoms with Crippen LogP contribution in [-0.4, -0.2) is 41.1 Å². The number of benzene rings is 1. The van der Waals surface area contributed by atoms with E-state index < -0.39 is 0 Å². The molecule has 0 spiro atoms. The molecule has 2 atom stereocenters. The molecule has 1 aromatic rings. The minimum absolute atomic E-state index is 0.0654. The molecule has 3 rings (SSSR count). The van der Waals surface area contributed by atoms with Crippen LogP contribution in [0.25, 0.3) is 0 Å². The maximum atomic E-state index is 12.2. The summed E-state index contributed by atoms with van der Waals surface area (Å²) in [4.78, 5) is 14.6. The van der Waals surface area contributed by atoms with E-state index in [0.717, 1.165) is 57.4 Å². The van der Waals surface area contributed by atoms with Crippen LogP contribution in [0.5, 0.6) is 0 Å². The van der Waals surface area contributed by atoms with Crippen molar-refractivity contribution in [3.8, 4) is 0 Å². The van der Waals surface area contributed by atoms with Gasteiger partial charge in [0.25, 0.3) is 0 Å². The average molecular weight is 331 g/mol. The van der Waals surface area contributed by atoms with Crippen LogP contribution in [0.1, 0.15) is 44.1 Å². The lowest BCUT2D eigenvalue weighted by atomic mass is 10.00. The van der Waals surface area contributed by atoms with Crippen molar-refractivity contribution in [1.82, 2.24) is 4.90 Å². The number of piperidine rings is 1. The number of nitrogens with one attached hydrogen (secondary N) is 1. The summed E-state index contributed by atoms with van der Waals surface area (Å²) in [5, 5.41) is 12.6. The number of likely N-dealkylation sites (tertiary alicyclic amines) is 1. The van der Waals surface area contributed by atoms with Gasteiger partial charge >= 0.3 is 0 Å². The number of aliphatic hydroxyl groups excluding tert-OH is 1. The molecule has 1 aliphatic carbocycles. The lowest BCUT2D eigenvalue weighted by Crippen LogP contribution is -2.35. The van der Waals surface area contributed by atoms with Gasteiger partial charge in [0.1, 0.15) is 0 Å². The first kappa shape index (κ1) is 17.4. The molecular formula is C19H29N3O2. The van der Waals surface area contributed by atoms with E-state index in [4.69, 9.17) is 5.73 Å². The summed E-state index contributed by atoms with van der Waals surface area (Å²) in [7, 11) is 0. The first-order chi connectivity index (χ1) is 11.6. The number of nitrogens with two attached hydrogens (primary N) is 1. The number of hydrogen-bond acceptors (Lipinski definition) is 4. The predicted molar refractivity (Wildman–Crippen MR) is 95.5 cm³/mol. The zero-order chi connectivity index (χ0) is 16.9. The Balaban J connectivity index is 1.52. The second-order valence-electron chi connectivity index (χ2n) is 7.31. The van der Waals surface area contributed by atoms with Crippen molar-refractivity contribution in [1.29, 1.82) is 0 Å². The fraction of sp³-hybridized carbons (Fsp3) is 0.632. The first-order valence-electron chi connectivity index (χ1n) is 9.15. The second kappa shape index (κ2) is 8.10. The van der Waals surface area contributed by atoms with Crippen LogP contribution in [0.4, 0.5) is 5.69 Å². The molecule has 4 N–H and O–H groups in total. The lowest BCUT2D eigenvalue weighted by molar-refractivity contribution is -0.117. The summed E-state index contributed by atoms with van der Waals surface area (Å²) in [6, 6.07) is 8.25. The van der Waals surface area contributed by atoms with E-state index in [9.17, 15) is 9.90 Å². The van der Waals surface area contributed by atoms with Gasteiger partial charge in [-0.2, -0.15) is 0 Å². The van der Waals surface area contributed by atoms with Crippen molar-refractivity contribution in [3.05, 3.63) is 29.8 Å². The largest absolute Gasteiger partial charge is 0.393 e. The van der Waals surface area contributed by atoms with Gasteiger partial charge in [0.2, 0.25) is 5.91 Å². The molecule has 1 saturated carbocycles. The van der Waals surface area contributed by atoms with E-state index >= 15 is 0 Å². The van der Waals surface area contributed by atoms with Crippen LogP contribution in [0.15, 0.2) is 24.3 Å². The molecule has 1 aromatic carbocycles. The summed E-state index contributed by atoms with van der Waals surface area (Å²) in [5.74, 6) is 0.392. The third-order valence-electron chi connectivity index (χ3n) is 5.34. The summed E-state index contributed by atoms with van der Waals surface area (Å²) < 4.78 is 0. The molecule has 0 aromatic heterocycles. The van der Waals surface area contributed by atoms with Crippen LogP contribution in [0.2, 0.25) is 0 Å². The number of nitrogens with zero attached hydrogens (tertiary/aromatic N) is 1. The molecule has 0 bridgehead atoms. The molecule has 132 valence electrons. The molecule has 5 heteroatoms. The van der Waals surface area contributed by atoms with Crippen molar-refractivity contribution in [2.24, 2.45) is 11.7 Å². The normalized spacial score (nSPS) is 25.8. The Hall–Kier alpha value is -1.43. The third kappa shape index (κ3) is 4.79. The highest BCUT2D eigenvalue weighted by Crippen LogP contribution is 2.27. The van der Waals surface area contributed by atoms with E-state index in [0.29, 0.717) is 12.3 Å². The molecule has 5 nitrogen and oxygen atoms in total. The molecule has 2 fully saturated rings. The Morgan fingerprint density at radius 1 is 1.25 bits per heavy atom. The topological polar surface area (TPSA) is 78.6 Å². The third-order valence-corrected chi connectivity index (χ3v) is 5.34. The van der Waals surface area contributed by atoms with Gasteiger partial charge in [0.15, 0.2) is 0 Å². The minimum atomic E-state index is -0.145. The Bertz CT molecular complexity index is 555. The van der Waals surface area contributed by atoms with Crippen molar-refractivity contribution < 1.29 is 9.90 Å². The van der Waals surface area contributed by atoms with Gasteiger partial charge in [0.05, 0.1) is 6.10 Å². The van der Waals surface area contributed by atoms with E-state index in [1.165, 1.54) is 5.56 Å². The van der Waals surface area contributed by atoms with E-state index in [1.54, 1.807) is 0 Å². The second-order valence-corrected chi connectivity index (χ2v) is 7.31. The monoisotopic (exact) mass is 331 g/mol. The average Bonchev–Trinajstić information content (AvgIpc) is 2.95. The van der Waals surface area contributed by atoms with Crippen LogP contribution >= 0.6 is 0 Å². The van der Waals surface area contributed by atoms with E-state index in [1.807, 2.05) is 12.1 Å². The molecule has 24 heavy (non-hydrogen) atoms. The molecule has 1 heterocycles. The fourth-order valence-corrected chi connectivity index (χ4v) is 3.85. The Morgan fingerprint density at radius 3 is 2.75 bits per heavy atom. The smallest absolute Gasteiger partial charge is 0.224 e. The van der Waals surface area contributed by atoms with Crippen LogP contribution < -0.4 is 11.1 Å². The fourth-order valence-electron chi connectivity index (χ4n) is 3.85. The number of carbonyl (C=O) groups excluding carboxylic acids is 1. The van der Waals surface area contributed by atoms with Gasteiger partial charge in [-0.1, -0.05) is 18.6 Å². The molecule has 1 saturated heterocycles. The number of hydrogen-bond donors (Lipinski definition) is 3. The molecule has 0 unspecified atom stereocenters. The van der Waals surface area contributed by atoms with Crippen molar-refractivity contribution in [3.63, 3.8) is 0 Å². The van der Waals surface area contributed by atoms with Crippen LogP contribution in [-0.2, 0) is 11.3 Å². The number of anilines is 1. The maximum Gasteiger partial charge on any atom is 0.224 e. The quantitative estimate of drug-likeness (QED) is 0.772. The molecule has 2 aliphatic rings. The Kier molecular flexibility index (Phi) is 5.87. The zero-order valence-corrected chi connectivity index (χ0v) is 14.3. The van der Waals surface area contributed by atoms with Gasteiger partial charge in [-0.25, -0.2) is 0 Å². The highest BCUT2D eigenvalue weighted by molar-refractivity contribution is 5.91. The molecule has 1 amide bonds. The SMILES string of the molecule is N[C@@H]1CCC[C@H]1CC(=O)Nc1cccc(CN2CCC(O)CC2)c1. The standard InChI is InChI=1S/C19H29N3O2/c20-18-6-2-4-15(18)12-19(24)21-16-5-1-3-14(11-16)13-22-9-7-17(23)8-10-22/h1,3,5,11,15,17-18,23H,2,4,6-10,12-13,20H2,(H,21,24)/t15-,18+/m0/s1. The van der Waals surface area contributed by atoms with Crippen molar-refractivity contribution >= 4 is 11.6 Å². The van der Waals surface area contributed by atoms with Crippen molar-refractivity contribution in [2.75, 3.05) is 18.4 Å². The molecular weight excluding hydrogens is 302 g/mol. The minimum Gasteiger partial charge on any atom is -0.393 e. The number of amides is 1. The Morgan fingerprint density at radius 2 is 2.04 bits per heavy atom. The summed E-state index contributed by atoms with van der Waals surface area (Å²) in [6.45, 7) is 2.72. The van der Waals surface area contributed by atoms with Crippen LogP contribution in [0, 0.1) is 5.92 Å².